The van der Waals surface area contributed by atoms with Gasteiger partial charge >= 0.3 is 0 Å². The predicted octanol–water partition coefficient (Wildman–Crippen LogP) is 2.87. The van der Waals surface area contributed by atoms with E-state index >= 15 is 0 Å². The van der Waals surface area contributed by atoms with Crippen LogP contribution in [0.4, 0.5) is 4.39 Å². The molecule has 1 aromatic carbocycles. The molecule has 0 amide bonds. The van der Waals surface area contributed by atoms with Gasteiger partial charge in [0.05, 0.1) is 12.3 Å². The lowest BCUT2D eigenvalue weighted by molar-refractivity contribution is -0.0795. The molecule has 3 nitrogen and oxygen atoms in total. The molecule has 0 saturated carbocycles. The van der Waals surface area contributed by atoms with Crippen LogP contribution in [0.1, 0.15) is 31.0 Å². The first-order valence-corrected chi connectivity index (χ1v) is 6.76. The van der Waals surface area contributed by atoms with E-state index in [0.717, 1.165) is 23.2 Å². The molecular weight excluding hydrogens is 245 g/mol. The summed E-state index contributed by atoms with van der Waals surface area (Å²) in [5.74, 6) is -0.189. The van der Waals surface area contributed by atoms with Crippen molar-refractivity contribution in [2.45, 2.75) is 31.8 Å². The number of H-pyrrole nitrogens is 1. The highest BCUT2D eigenvalue weighted by atomic mass is 19.1. The van der Waals surface area contributed by atoms with E-state index in [1.807, 2.05) is 13.0 Å². The van der Waals surface area contributed by atoms with Gasteiger partial charge in [-0.05, 0) is 30.5 Å². The molecule has 2 aromatic rings. The number of fused-ring (bicyclic) bond motifs is 3. The third-order valence-corrected chi connectivity index (χ3v) is 4.15. The molecule has 19 heavy (non-hydrogen) atoms. The maximum atomic E-state index is 14.0. The average molecular weight is 263 g/mol. The summed E-state index contributed by atoms with van der Waals surface area (Å²) >= 11 is 0. The van der Waals surface area contributed by atoms with Gasteiger partial charge < -0.3 is 14.8 Å². The fraction of sp³-hybridized carbons (Fsp3) is 0.467. The molecule has 0 aliphatic carbocycles. The Bertz CT molecular complexity index is 607. The van der Waals surface area contributed by atoms with Gasteiger partial charge in [0.15, 0.2) is 0 Å². The number of rotatable bonds is 3. The fourth-order valence-electron chi connectivity index (χ4n) is 3.16. The van der Waals surface area contributed by atoms with Crippen molar-refractivity contribution in [3.05, 3.63) is 35.3 Å². The second kappa shape index (κ2) is 4.62. The molecule has 2 heterocycles. The van der Waals surface area contributed by atoms with E-state index in [-0.39, 0.29) is 12.4 Å². The molecule has 3 rings (SSSR count). The van der Waals surface area contributed by atoms with E-state index in [9.17, 15) is 9.50 Å². The lowest BCUT2D eigenvalue weighted by Crippen LogP contribution is -2.36. The predicted molar refractivity (Wildman–Crippen MR) is 71.6 cm³/mol. The van der Waals surface area contributed by atoms with Gasteiger partial charge in [0.2, 0.25) is 0 Å². The highest BCUT2D eigenvalue weighted by Crippen LogP contribution is 2.41. The van der Waals surface area contributed by atoms with Gasteiger partial charge in [0, 0.05) is 23.9 Å². The first-order chi connectivity index (χ1) is 9.22. The van der Waals surface area contributed by atoms with E-state index in [4.69, 9.17) is 4.74 Å². The van der Waals surface area contributed by atoms with Gasteiger partial charge in [0.25, 0.3) is 0 Å². The minimum Gasteiger partial charge on any atom is -0.396 e. The van der Waals surface area contributed by atoms with Gasteiger partial charge in [-0.1, -0.05) is 13.0 Å². The maximum Gasteiger partial charge on any atom is 0.132 e. The number of benzene rings is 1. The van der Waals surface area contributed by atoms with Crippen molar-refractivity contribution in [3.8, 4) is 0 Å². The minimum absolute atomic E-state index is 0.0606. The first kappa shape index (κ1) is 12.6. The van der Waals surface area contributed by atoms with E-state index in [1.165, 1.54) is 6.07 Å². The number of aromatic amines is 1. The third kappa shape index (κ3) is 1.78. The van der Waals surface area contributed by atoms with Crippen molar-refractivity contribution < 1.29 is 14.2 Å². The number of hydrogen-bond acceptors (Lipinski definition) is 2. The first-order valence-electron chi connectivity index (χ1n) is 6.76. The average Bonchev–Trinajstić information content (AvgIpc) is 2.80. The summed E-state index contributed by atoms with van der Waals surface area (Å²) in [4.78, 5) is 3.31. The molecule has 1 aliphatic heterocycles. The number of nitrogens with one attached hydrogen (secondary N) is 1. The molecule has 0 bridgehead atoms. The normalized spacial score (nSPS) is 22.7. The topological polar surface area (TPSA) is 45.2 Å². The monoisotopic (exact) mass is 263 g/mol. The Morgan fingerprint density at radius 3 is 3.05 bits per heavy atom. The smallest absolute Gasteiger partial charge is 0.132 e. The van der Waals surface area contributed by atoms with Crippen LogP contribution in [0.3, 0.4) is 0 Å². The molecule has 1 atom stereocenters. The number of aliphatic hydroxyl groups is 1. The molecule has 0 radical (unpaired) electrons. The van der Waals surface area contributed by atoms with Crippen LogP contribution in [-0.4, -0.2) is 23.3 Å². The van der Waals surface area contributed by atoms with Gasteiger partial charge in [-0.3, -0.25) is 0 Å². The molecule has 2 N–H and O–H groups in total. The Hall–Kier alpha value is -1.39. The van der Waals surface area contributed by atoms with E-state index in [1.54, 1.807) is 6.07 Å². The Labute approximate surface area is 111 Å². The summed E-state index contributed by atoms with van der Waals surface area (Å²) in [7, 11) is 0. The number of aliphatic hydroxyl groups excluding tert-OH is 1. The lowest BCUT2D eigenvalue weighted by atomic mass is 9.86. The van der Waals surface area contributed by atoms with Crippen LogP contribution in [0.2, 0.25) is 0 Å². The van der Waals surface area contributed by atoms with Gasteiger partial charge in [-0.15, -0.1) is 0 Å². The minimum atomic E-state index is -0.506. The largest absolute Gasteiger partial charge is 0.396 e. The zero-order valence-corrected chi connectivity index (χ0v) is 11.0. The van der Waals surface area contributed by atoms with Crippen LogP contribution < -0.4 is 0 Å². The van der Waals surface area contributed by atoms with Crippen molar-refractivity contribution in [2.75, 3.05) is 13.2 Å². The molecule has 1 aliphatic rings. The van der Waals surface area contributed by atoms with Crippen molar-refractivity contribution in [3.63, 3.8) is 0 Å². The Morgan fingerprint density at radius 1 is 1.47 bits per heavy atom. The summed E-state index contributed by atoms with van der Waals surface area (Å²) in [6, 6.07) is 5.09. The number of aromatic nitrogens is 1. The summed E-state index contributed by atoms with van der Waals surface area (Å²) in [6.45, 7) is 2.67. The number of halogens is 1. The van der Waals surface area contributed by atoms with Gasteiger partial charge in [0.1, 0.15) is 11.4 Å². The molecule has 0 spiro atoms. The highest BCUT2D eigenvalue weighted by Gasteiger charge is 2.38. The van der Waals surface area contributed by atoms with Crippen molar-refractivity contribution in [1.82, 2.24) is 4.98 Å². The quantitative estimate of drug-likeness (QED) is 0.894. The Kier molecular flexibility index (Phi) is 3.07. The van der Waals surface area contributed by atoms with Crippen LogP contribution in [0.5, 0.6) is 0 Å². The van der Waals surface area contributed by atoms with E-state index < -0.39 is 5.60 Å². The molecule has 102 valence electrons. The SMILES string of the molecule is CCC1(CCO)OCCc2c1[nH]c1cccc(F)c21. The van der Waals surface area contributed by atoms with Crippen LogP contribution >= 0.6 is 0 Å². The summed E-state index contributed by atoms with van der Waals surface area (Å²) in [6.07, 6.45) is 2.00. The number of hydrogen-bond donors (Lipinski definition) is 2. The Balaban J connectivity index is 2.25. The maximum absolute atomic E-state index is 14.0. The standard InChI is InChI=1S/C15H18FNO2/c1-2-15(7-8-18)14-10(6-9-19-15)13-11(16)4-3-5-12(13)17-14/h3-5,17-18H,2,6-9H2,1H3. The molecule has 0 fully saturated rings. The van der Waals surface area contributed by atoms with Crippen LogP contribution in [0.15, 0.2) is 18.2 Å². The lowest BCUT2D eigenvalue weighted by Gasteiger charge is -2.36. The molecule has 1 unspecified atom stereocenters. The second-order valence-electron chi connectivity index (χ2n) is 5.06. The second-order valence-corrected chi connectivity index (χ2v) is 5.06. The van der Waals surface area contributed by atoms with Crippen molar-refractivity contribution in [2.24, 2.45) is 0 Å². The van der Waals surface area contributed by atoms with E-state index in [2.05, 4.69) is 4.98 Å². The highest BCUT2D eigenvalue weighted by molar-refractivity contribution is 5.86. The van der Waals surface area contributed by atoms with E-state index in [0.29, 0.717) is 24.8 Å². The fourth-order valence-corrected chi connectivity index (χ4v) is 3.16. The summed E-state index contributed by atoms with van der Waals surface area (Å²) in [5.41, 5.74) is 2.25. The molecular formula is C15H18FNO2. The molecule has 1 aromatic heterocycles. The van der Waals surface area contributed by atoms with Crippen LogP contribution in [0, 0.1) is 5.82 Å². The Morgan fingerprint density at radius 2 is 2.32 bits per heavy atom. The van der Waals surface area contributed by atoms with Crippen LogP contribution in [0.25, 0.3) is 10.9 Å². The van der Waals surface area contributed by atoms with Gasteiger partial charge in [-0.25, -0.2) is 4.39 Å². The molecule has 0 saturated heterocycles. The van der Waals surface area contributed by atoms with Crippen LogP contribution in [-0.2, 0) is 16.8 Å². The third-order valence-electron chi connectivity index (χ3n) is 4.15. The molecule has 4 heteroatoms. The zero-order valence-electron chi connectivity index (χ0n) is 11.0. The van der Waals surface area contributed by atoms with Crippen molar-refractivity contribution in [1.29, 1.82) is 0 Å². The summed E-state index contributed by atoms with van der Waals surface area (Å²) < 4.78 is 20.0. The summed E-state index contributed by atoms with van der Waals surface area (Å²) in [5, 5.41) is 9.98. The number of ether oxygens (including phenoxy) is 1. The zero-order chi connectivity index (χ0) is 13.5. The van der Waals surface area contributed by atoms with Crippen molar-refractivity contribution >= 4 is 10.9 Å². The van der Waals surface area contributed by atoms with Gasteiger partial charge in [-0.2, -0.15) is 0 Å².